The molecule has 8 nitrogen and oxygen atoms in total. The lowest BCUT2D eigenvalue weighted by Crippen LogP contribution is -2.51. The van der Waals surface area contributed by atoms with Crippen LogP contribution in [0.15, 0.2) is 18.6 Å². The summed E-state index contributed by atoms with van der Waals surface area (Å²) in [6.07, 6.45) is 8.36. The molecule has 31 heavy (non-hydrogen) atoms. The van der Waals surface area contributed by atoms with E-state index in [1.165, 1.54) is 36.3 Å². The summed E-state index contributed by atoms with van der Waals surface area (Å²) in [7, 11) is 1.66. The van der Waals surface area contributed by atoms with Crippen LogP contribution in [0.4, 0.5) is 0 Å². The third kappa shape index (κ3) is 3.31. The molecule has 0 atom stereocenters. The minimum absolute atomic E-state index is 0.566. The Hall–Kier alpha value is -2.49. The zero-order chi connectivity index (χ0) is 20.9. The van der Waals surface area contributed by atoms with Crippen LogP contribution in [0.5, 0.6) is 5.75 Å². The predicted molar refractivity (Wildman–Crippen MR) is 120 cm³/mol. The second-order valence-corrected chi connectivity index (χ2v) is 9.66. The molecule has 0 unspecified atom stereocenters. The molecule has 6 rings (SSSR count). The van der Waals surface area contributed by atoms with Gasteiger partial charge in [-0.15, -0.1) is 11.3 Å². The number of nitrogens with zero attached hydrogens (tertiary/aromatic N) is 4. The SMILES string of the molecule is COc1cc(-c2[nH]c3sc(C4CCC(NC5COC5)CC4)nc3c2C)cn2ncnc12. The molecular weight excluding hydrogens is 412 g/mol. The van der Waals surface area contributed by atoms with Gasteiger partial charge in [0.05, 0.1) is 37.1 Å². The quantitative estimate of drug-likeness (QED) is 0.494. The molecule has 1 saturated carbocycles. The molecule has 2 aliphatic rings. The first-order valence-electron chi connectivity index (χ1n) is 10.9. The average Bonchev–Trinajstić information content (AvgIpc) is 3.46. The summed E-state index contributed by atoms with van der Waals surface area (Å²) in [5.74, 6) is 1.27. The number of H-pyrrole nitrogens is 1. The second-order valence-electron chi connectivity index (χ2n) is 8.63. The van der Waals surface area contributed by atoms with E-state index in [4.69, 9.17) is 14.5 Å². The van der Waals surface area contributed by atoms with E-state index in [0.29, 0.717) is 29.4 Å². The Morgan fingerprint density at radius 3 is 2.77 bits per heavy atom. The van der Waals surface area contributed by atoms with Gasteiger partial charge in [-0.05, 0) is 38.7 Å². The number of rotatable bonds is 5. The lowest BCUT2D eigenvalue weighted by molar-refractivity contribution is -0.0121. The van der Waals surface area contributed by atoms with Crippen LogP contribution >= 0.6 is 11.3 Å². The lowest BCUT2D eigenvalue weighted by Gasteiger charge is -2.35. The highest BCUT2D eigenvalue weighted by Crippen LogP contribution is 2.40. The third-order valence-electron chi connectivity index (χ3n) is 6.65. The van der Waals surface area contributed by atoms with Gasteiger partial charge in [0.2, 0.25) is 0 Å². The van der Waals surface area contributed by atoms with Gasteiger partial charge in [0.1, 0.15) is 16.7 Å². The van der Waals surface area contributed by atoms with Crippen molar-refractivity contribution in [2.24, 2.45) is 0 Å². The van der Waals surface area contributed by atoms with E-state index < -0.39 is 0 Å². The van der Waals surface area contributed by atoms with Crippen molar-refractivity contribution in [2.45, 2.75) is 50.6 Å². The summed E-state index contributed by atoms with van der Waals surface area (Å²) >= 11 is 1.81. The van der Waals surface area contributed by atoms with Crippen molar-refractivity contribution < 1.29 is 9.47 Å². The highest BCUT2D eigenvalue weighted by Gasteiger charge is 2.29. The van der Waals surface area contributed by atoms with Crippen LogP contribution in [-0.2, 0) is 4.74 Å². The van der Waals surface area contributed by atoms with E-state index in [9.17, 15) is 0 Å². The zero-order valence-electron chi connectivity index (χ0n) is 17.7. The Bertz CT molecular complexity index is 1230. The van der Waals surface area contributed by atoms with Crippen LogP contribution in [0.1, 0.15) is 42.2 Å². The maximum Gasteiger partial charge on any atom is 0.197 e. The average molecular weight is 439 g/mol. The highest BCUT2D eigenvalue weighted by molar-refractivity contribution is 7.18. The normalized spacial score (nSPS) is 22.3. The number of thiazole rings is 1. The van der Waals surface area contributed by atoms with Crippen LogP contribution in [0.3, 0.4) is 0 Å². The summed E-state index contributed by atoms with van der Waals surface area (Å²) in [5, 5.41) is 9.28. The van der Waals surface area contributed by atoms with Gasteiger partial charge in [0.25, 0.3) is 0 Å². The maximum absolute atomic E-state index is 5.52. The molecule has 0 aromatic carbocycles. The molecule has 1 aliphatic carbocycles. The Kier molecular flexibility index (Phi) is 4.70. The first kappa shape index (κ1) is 19.2. The smallest absolute Gasteiger partial charge is 0.197 e. The molecule has 5 heterocycles. The fourth-order valence-electron chi connectivity index (χ4n) is 4.82. The number of hydrogen-bond acceptors (Lipinski definition) is 7. The van der Waals surface area contributed by atoms with E-state index in [1.807, 2.05) is 12.3 Å². The van der Waals surface area contributed by atoms with Gasteiger partial charge in [-0.25, -0.2) is 14.5 Å². The van der Waals surface area contributed by atoms with Crippen molar-refractivity contribution in [2.75, 3.05) is 20.3 Å². The Balaban J connectivity index is 1.24. The maximum atomic E-state index is 5.52. The summed E-state index contributed by atoms with van der Waals surface area (Å²) in [4.78, 5) is 14.1. The second kappa shape index (κ2) is 7.58. The van der Waals surface area contributed by atoms with Crippen molar-refractivity contribution >= 4 is 27.3 Å². The van der Waals surface area contributed by atoms with Crippen LogP contribution in [0.2, 0.25) is 0 Å². The highest BCUT2D eigenvalue weighted by atomic mass is 32.1. The Morgan fingerprint density at radius 1 is 1.23 bits per heavy atom. The molecule has 2 fully saturated rings. The molecule has 0 amide bonds. The van der Waals surface area contributed by atoms with Gasteiger partial charge in [0.15, 0.2) is 11.4 Å². The minimum Gasteiger partial charge on any atom is -0.493 e. The largest absolute Gasteiger partial charge is 0.493 e. The summed E-state index contributed by atoms with van der Waals surface area (Å²) in [5.41, 5.74) is 5.05. The summed E-state index contributed by atoms with van der Waals surface area (Å²) in [6.45, 7) is 3.88. The number of aryl methyl sites for hydroxylation is 1. The van der Waals surface area contributed by atoms with E-state index in [-0.39, 0.29) is 0 Å². The standard InChI is InChI=1S/C22H26N6O2S/c1-12-18(14-7-17(29-2)20-23-11-24-28(20)8-14)26-22-19(12)27-21(31-22)13-3-5-15(6-4-13)25-16-9-30-10-16/h7-8,11,13,15-16,25-26H,3-6,9-10H2,1-2H3. The number of nitrogens with one attached hydrogen (secondary N) is 2. The number of fused-ring (bicyclic) bond motifs is 2. The molecule has 162 valence electrons. The zero-order valence-corrected chi connectivity index (χ0v) is 18.5. The van der Waals surface area contributed by atoms with Gasteiger partial charge < -0.3 is 19.8 Å². The van der Waals surface area contributed by atoms with Crippen LogP contribution in [0, 0.1) is 6.92 Å². The third-order valence-corrected chi connectivity index (χ3v) is 7.78. The van der Waals surface area contributed by atoms with Gasteiger partial charge in [0, 0.05) is 29.3 Å². The first-order valence-corrected chi connectivity index (χ1v) is 11.7. The lowest BCUT2D eigenvalue weighted by atomic mass is 9.86. The first-order chi connectivity index (χ1) is 15.2. The van der Waals surface area contributed by atoms with Gasteiger partial charge in [-0.1, -0.05) is 0 Å². The topological polar surface area (TPSA) is 89.4 Å². The number of methoxy groups -OCH3 is 1. The van der Waals surface area contributed by atoms with E-state index in [0.717, 1.165) is 34.8 Å². The molecule has 4 aromatic rings. The monoisotopic (exact) mass is 438 g/mol. The van der Waals surface area contributed by atoms with E-state index in [2.05, 4.69) is 27.3 Å². The van der Waals surface area contributed by atoms with E-state index >= 15 is 0 Å². The molecule has 4 aromatic heterocycles. The van der Waals surface area contributed by atoms with Crippen molar-refractivity contribution in [1.82, 2.24) is 29.9 Å². The van der Waals surface area contributed by atoms with Crippen molar-refractivity contribution in [3.05, 3.63) is 29.2 Å². The molecule has 0 radical (unpaired) electrons. The van der Waals surface area contributed by atoms with Gasteiger partial charge in [-0.2, -0.15) is 5.10 Å². The molecule has 9 heteroatoms. The molecule has 2 N–H and O–H groups in total. The van der Waals surface area contributed by atoms with Crippen LogP contribution in [0.25, 0.3) is 27.3 Å². The number of ether oxygens (including phenoxy) is 2. The van der Waals surface area contributed by atoms with Gasteiger partial charge >= 0.3 is 0 Å². The fourth-order valence-corrected chi connectivity index (χ4v) is 6.02. The number of pyridine rings is 1. The molecule has 1 saturated heterocycles. The summed E-state index contributed by atoms with van der Waals surface area (Å²) in [6, 6.07) is 3.20. The fraction of sp³-hybridized carbons (Fsp3) is 0.500. The molecule has 0 spiro atoms. The van der Waals surface area contributed by atoms with Crippen molar-refractivity contribution in [1.29, 1.82) is 0 Å². The van der Waals surface area contributed by atoms with Crippen LogP contribution in [-0.4, -0.2) is 57.0 Å². The molecule has 1 aliphatic heterocycles. The Labute approximate surface area is 184 Å². The predicted octanol–water partition coefficient (Wildman–Crippen LogP) is 3.67. The Morgan fingerprint density at radius 2 is 2.06 bits per heavy atom. The van der Waals surface area contributed by atoms with Gasteiger partial charge in [-0.3, -0.25) is 0 Å². The molecule has 0 bridgehead atoms. The number of hydrogen-bond donors (Lipinski definition) is 2. The molecular formula is C22H26N6O2S. The number of aromatic amines is 1. The van der Waals surface area contributed by atoms with Crippen molar-refractivity contribution in [3.8, 4) is 17.0 Å². The van der Waals surface area contributed by atoms with Crippen molar-refractivity contribution in [3.63, 3.8) is 0 Å². The van der Waals surface area contributed by atoms with Crippen LogP contribution < -0.4 is 10.1 Å². The van der Waals surface area contributed by atoms with E-state index in [1.54, 1.807) is 29.3 Å². The minimum atomic E-state index is 0.566. The number of aromatic nitrogens is 5. The summed E-state index contributed by atoms with van der Waals surface area (Å²) < 4.78 is 12.6.